The molecule has 5 nitrogen and oxygen atoms in total. The van der Waals surface area contributed by atoms with Crippen molar-refractivity contribution >= 4 is 27.5 Å². The number of aliphatic hydroxyl groups excluding tert-OH is 1. The van der Waals surface area contributed by atoms with Crippen LogP contribution in [0.15, 0.2) is 27.8 Å². The molecule has 0 unspecified atom stereocenters. The smallest absolute Gasteiger partial charge is 0.172 e. The minimum Gasteiger partial charge on any atom is -0.409 e. The van der Waals surface area contributed by atoms with Gasteiger partial charge in [-0.2, -0.15) is 0 Å². The van der Waals surface area contributed by atoms with Crippen molar-refractivity contribution in [2.45, 2.75) is 13.3 Å². The second kappa shape index (κ2) is 7.23. The topological polar surface area (TPSA) is 82.1 Å². The molecule has 0 amide bonds. The van der Waals surface area contributed by atoms with E-state index in [1.54, 1.807) is 0 Å². The fraction of sp³-hybridized carbons (Fsp3) is 0.417. The third-order valence-corrected chi connectivity index (χ3v) is 3.14. The zero-order chi connectivity index (χ0) is 13.5. The van der Waals surface area contributed by atoms with Crippen LogP contribution in [0.3, 0.4) is 0 Å². The molecule has 0 heterocycles. The van der Waals surface area contributed by atoms with Crippen LogP contribution in [-0.4, -0.2) is 35.8 Å². The van der Waals surface area contributed by atoms with Crippen molar-refractivity contribution in [1.82, 2.24) is 0 Å². The Morgan fingerprint density at radius 1 is 1.50 bits per heavy atom. The molecule has 1 rings (SSSR count). The first-order valence-electron chi connectivity index (χ1n) is 5.77. The van der Waals surface area contributed by atoms with Crippen molar-refractivity contribution in [2.24, 2.45) is 10.9 Å². The highest BCUT2D eigenvalue weighted by Crippen LogP contribution is 2.24. The molecule has 0 atom stereocenters. The maximum Gasteiger partial charge on any atom is 0.172 e. The average molecular weight is 316 g/mol. The van der Waals surface area contributed by atoms with Crippen LogP contribution in [0.25, 0.3) is 0 Å². The van der Waals surface area contributed by atoms with E-state index in [0.717, 1.165) is 23.2 Å². The lowest BCUT2D eigenvalue weighted by Crippen LogP contribution is -2.28. The van der Waals surface area contributed by atoms with Gasteiger partial charge in [-0.15, -0.1) is 0 Å². The molecular weight excluding hydrogens is 298 g/mol. The van der Waals surface area contributed by atoms with Gasteiger partial charge in [-0.25, -0.2) is 0 Å². The van der Waals surface area contributed by atoms with Gasteiger partial charge in [-0.05, 0) is 31.5 Å². The normalized spacial score (nSPS) is 11.6. The minimum absolute atomic E-state index is 0.0775. The maximum atomic E-state index is 8.90. The number of benzene rings is 1. The summed E-state index contributed by atoms with van der Waals surface area (Å²) in [4.78, 5) is 2.08. The quantitative estimate of drug-likeness (QED) is 0.323. The van der Waals surface area contributed by atoms with Gasteiger partial charge < -0.3 is 20.9 Å². The van der Waals surface area contributed by atoms with Crippen LogP contribution in [0.2, 0.25) is 0 Å². The number of nitrogens with two attached hydrogens (primary N) is 1. The van der Waals surface area contributed by atoms with E-state index in [4.69, 9.17) is 16.0 Å². The number of hydrogen-bond acceptors (Lipinski definition) is 4. The number of anilines is 1. The Morgan fingerprint density at radius 3 is 2.78 bits per heavy atom. The summed E-state index contributed by atoms with van der Waals surface area (Å²) in [5, 5.41) is 20.8. The molecule has 0 aromatic heterocycles. The molecule has 0 saturated heterocycles. The lowest BCUT2D eigenvalue weighted by Gasteiger charge is -2.25. The highest BCUT2D eigenvalue weighted by Gasteiger charge is 2.13. The molecular formula is C12H18BrN3O2. The van der Waals surface area contributed by atoms with E-state index >= 15 is 0 Å². The Bertz CT molecular complexity index is 424. The van der Waals surface area contributed by atoms with Crippen LogP contribution in [0.5, 0.6) is 0 Å². The summed E-state index contributed by atoms with van der Waals surface area (Å²) in [6.07, 6.45) is 0.680. The summed E-state index contributed by atoms with van der Waals surface area (Å²) >= 11 is 3.37. The van der Waals surface area contributed by atoms with E-state index in [9.17, 15) is 0 Å². The Hall–Kier alpha value is -1.27. The van der Waals surface area contributed by atoms with Gasteiger partial charge in [-0.1, -0.05) is 21.1 Å². The molecule has 0 fully saturated rings. The summed E-state index contributed by atoms with van der Waals surface area (Å²) in [7, 11) is 0. The van der Waals surface area contributed by atoms with Gasteiger partial charge in [-0.3, -0.25) is 0 Å². The van der Waals surface area contributed by atoms with Crippen molar-refractivity contribution in [1.29, 1.82) is 0 Å². The standard InChI is InChI=1S/C12H18BrN3O2/c1-2-16(6-3-7-17)11-5-4-9(13)8-10(11)12(14)15-18/h4-5,8,17-18H,2-3,6-7H2,1H3,(H2,14,15). The highest BCUT2D eigenvalue weighted by atomic mass is 79.9. The van der Waals surface area contributed by atoms with Gasteiger partial charge in [0, 0.05) is 35.4 Å². The monoisotopic (exact) mass is 315 g/mol. The molecule has 18 heavy (non-hydrogen) atoms. The highest BCUT2D eigenvalue weighted by molar-refractivity contribution is 9.10. The first kappa shape index (κ1) is 14.8. The van der Waals surface area contributed by atoms with Gasteiger partial charge in [0.2, 0.25) is 0 Å². The molecule has 0 aliphatic carbocycles. The predicted molar refractivity (Wildman–Crippen MR) is 76.2 cm³/mol. The number of nitrogens with zero attached hydrogens (tertiary/aromatic N) is 2. The van der Waals surface area contributed by atoms with Gasteiger partial charge in [0.15, 0.2) is 5.84 Å². The molecule has 0 saturated carbocycles. The van der Waals surface area contributed by atoms with Gasteiger partial charge in [0.1, 0.15) is 0 Å². The summed E-state index contributed by atoms with van der Waals surface area (Å²) in [6.45, 7) is 3.68. The Morgan fingerprint density at radius 2 is 2.22 bits per heavy atom. The molecule has 100 valence electrons. The van der Waals surface area contributed by atoms with Crippen molar-refractivity contribution in [3.05, 3.63) is 28.2 Å². The third-order valence-electron chi connectivity index (χ3n) is 2.65. The maximum absolute atomic E-state index is 8.90. The van der Waals surface area contributed by atoms with E-state index in [-0.39, 0.29) is 12.4 Å². The van der Waals surface area contributed by atoms with Crippen LogP contribution in [0, 0.1) is 0 Å². The van der Waals surface area contributed by atoms with Crippen molar-refractivity contribution in [3.63, 3.8) is 0 Å². The van der Waals surface area contributed by atoms with Crippen LogP contribution in [-0.2, 0) is 0 Å². The lowest BCUT2D eigenvalue weighted by molar-refractivity contribution is 0.289. The Kier molecular flexibility index (Phi) is 5.94. The molecule has 0 aliphatic rings. The first-order chi connectivity index (χ1) is 8.63. The average Bonchev–Trinajstić information content (AvgIpc) is 2.39. The van der Waals surface area contributed by atoms with E-state index < -0.39 is 0 Å². The molecule has 1 aromatic rings. The first-order valence-corrected chi connectivity index (χ1v) is 6.56. The number of hydrogen-bond donors (Lipinski definition) is 3. The second-order valence-electron chi connectivity index (χ2n) is 3.80. The predicted octanol–water partition coefficient (Wildman–Crippen LogP) is 1.75. The van der Waals surface area contributed by atoms with E-state index in [0.29, 0.717) is 12.0 Å². The number of rotatable bonds is 6. The van der Waals surface area contributed by atoms with Crippen molar-refractivity contribution in [2.75, 3.05) is 24.6 Å². The largest absolute Gasteiger partial charge is 0.409 e. The molecule has 0 bridgehead atoms. The summed E-state index contributed by atoms with van der Waals surface area (Å²) < 4.78 is 0.867. The Balaban J connectivity index is 3.12. The van der Waals surface area contributed by atoms with Crippen molar-refractivity contribution < 1.29 is 10.3 Å². The van der Waals surface area contributed by atoms with Crippen LogP contribution in [0.4, 0.5) is 5.69 Å². The minimum atomic E-state index is 0.0775. The summed E-state index contributed by atoms with van der Waals surface area (Å²) in [5.41, 5.74) is 7.25. The summed E-state index contributed by atoms with van der Waals surface area (Å²) in [6, 6.07) is 5.63. The fourth-order valence-electron chi connectivity index (χ4n) is 1.75. The lowest BCUT2D eigenvalue weighted by atomic mass is 10.1. The van der Waals surface area contributed by atoms with E-state index in [1.165, 1.54) is 0 Å². The number of oxime groups is 1. The fourth-order valence-corrected chi connectivity index (χ4v) is 2.11. The number of amidine groups is 1. The van der Waals surface area contributed by atoms with Crippen molar-refractivity contribution in [3.8, 4) is 0 Å². The van der Waals surface area contributed by atoms with Gasteiger partial charge in [0.05, 0.1) is 0 Å². The third kappa shape index (κ3) is 3.61. The van der Waals surface area contributed by atoms with Crippen LogP contribution >= 0.6 is 15.9 Å². The number of halogens is 1. The van der Waals surface area contributed by atoms with Gasteiger partial charge >= 0.3 is 0 Å². The molecule has 1 aromatic carbocycles. The SMILES string of the molecule is CCN(CCCO)c1ccc(Br)cc1/C(N)=N/O. The molecule has 4 N–H and O–H groups in total. The zero-order valence-corrected chi connectivity index (χ0v) is 11.9. The van der Waals surface area contributed by atoms with Gasteiger partial charge in [0.25, 0.3) is 0 Å². The molecule has 6 heteroatoms. The molecule has 0 spiro atoms. The second-order valence-corrected chi connectivity index (χ2v) is 4.72. The van der Waals surface area contributed by atoms with Crippen LogP contribution in [0.1, 0.15) is 18.9 Å². The molecule has 0 aliphatic heterocycles. The van der Waals surface area contributed by atoms with Crippen LogP contribution < -0.4 is 10.6 Å². The zero-order valence-electron chi connectivity index (χ0n) is 10.3. The summed E-state index contributed by atoms with van der Waals surface area (Å²) in [5.74, 6) is 0.0775. The Labute approximate surface area is 115 Å². The number of aliphatic hydroxyl groups is 1. The molecule has 0 radical (unpaired) electrons. The van der Waals surface area contributed by atoms with E-state index in [2.05, 4.69) is 26.0 Å². The van der Waals surface area contributed by atoms with E-state index in [1.807, 2.05) is 25.1 Å².